The SMILES string of the molecule is C=C(C)[C@@H](C)CC(=O)NCCCCCCCCC1CCC(CCCCCC)C(CCCCCCCC)C1CCCCCCCCC(CC)N1C(=O)C=CC1=O. The summed E-state index contributed by atoms with van der Waals surface area (Å²) in [4.78, 5) is 38.0. The molecule has 3 amide bonds. The highest BCUT2D eigenvalue weighted by molar-refractivity contribution is 6.13. The van der Waals surface area contributed by atoms with Crippen LogP contribution in [-0.2, 0) is 14.4 Å². The number of imide groups is 1. The minimum atomic E-state index is -0.130. The van der Waals surface area contributed by atoms with Crippen LogP contribution in [0, 0.1) is 29.6 Å². The second kappa shape index (κ2) is 31.1. The molecule has 318 valence electrons. The maximum Gasteiger partial charge on any atom is 0.253 e. The van der Waals surface area contributed by atoms with E-state index in [0.29, 0.717) is 6.42 Å². The van der Waals surface area contributed by atoms with Gasteiger partial charge in [-0.1, -0.05) is 188 Å². The van der Waals surface area contributed by atoms with Gasteiger partial charge in [0.25, 0.3) is 11.8 Å². The highest BCUT2D eigenvalue weighted by Gasteiger charge is 2.38. The van der Waals surface area contributed by atoms with Crippen molar-refractivity contribution in [2.75, 3.05) is 6.54 Å². The fraction of sp³-hybridized carbons (Fsp3) is 0.860. The van der Waals surface area contributed by atoms with Crippen molar-refractivity contribution in [3.63, 3.8) is 0 Å². The molecule has 0 bridgehead atoms. The lowest BCUT2D eigenvalue weighted by molar-refractivity contribution is -0.139. The molecule has 0 aromatic carbocycles. The van der Waals surface area contributed by atoms with Gasteiger partial charge in [0.2, 0.25) is 5.91 Å². The molecule has 6 atom stereocenters. The van der Waals surface area contributed by atoms with E-state index in [1.165, 1.54) is 184 Å². The van der Waals surface area contributed by atoms with Crippen molar-refractivity contribution in [1.82, 2.24) is 10.2 Å². The third kappa shape index (κ3) is 20.9. The smallest absolute Gasteiger partial charge is 0.253 e. The number of carbonyl (C=O) groups is 3. The van der Waals surface area contributed by atoms with Crippen LogP contribution in [0.2, 0.25) is 0 Å². The number of unbranched alkanes of at least 4 members (excludes halogenated alkanes) is 18. The lowest BCUT2D eigenvalue weighted by Gasteiger charge is -2.44. The monoisotopic (exact) mass is 767 g/mol. The van der Waals surface area contributed by atoms with E-state index in [9.17, 15) is 14.4 Å². The summed E-state index contributed by atoms with van der Waals surface area (Å²) in [6.07, 6.45) is 43.3. The normalized spacial score (nSPS) is 21.0. The Bertz CT molecular complexity index is 1050. The zero-order valence-corrected chi connectivity index (χ0v) is 37.1. The Morgan fingerprint density at radius 3 is 1.55 bits per heavy atom. The van der Waals surface area contributed by atoms with Crippen molar-refractivity contribution in [3.8, 4) is 0 Å². The molecule has 5 heteroatoms. The first-order valence-electron chi connectivity index (χ1n) is 24.2. The molecule has 0 spiro atoms. The maximum absolute atomic E-state index is 12.2. The predicted molar refractivity (Wildman–Crippen MR) is 236 cm³/mol. The van der Waals surface area contributed by atoms with Crippen LogP contribution in [-0.4, -0.2) is 35.2 Å². The largest absolute Gasteiger partial charge is 0.356 e. The van der Waals surface area contributed by atoms with E-state index in [4.69, 9.17) is 0 Å². The van der Waals surface area contributed by atoms with Crippen molar-refractivity contribution in [2.45, 2.75) is 240 Å². The third-order valence-electron chi connectivity index (χ3n) is 13.6. The molecule has 5 nitrogen and oxygen atoms in total. The van der Waals surface area contributed by atoms with Crippen molar-refractivity contribution in [1.29, 1.82) is 0 Å². The average molecular weight is 767 g/mol. The predicted octanol–water partition coefficient (Wildman–Crippen LogP) is 14.2. The molecule has 0 saturated heterocycles. The summed E-state index contributed by atoms with van der Waals surface area (Å²) in [5, 5.41) is 3.12. The molecule has 1 N–H and O–H groups in total. The van der Waals surface area contributed by atoms with E-state index in [-0.39, 0.29) is 29.7 Å². The lowest BCUT2D eigenvalue weighted by Crippen LogP contribution is -2.39. The summed E-state index contributed by atoms with van der Waals surface area (Å²) in [5.41, 5.74) is 1.08. The van der Waals surface area contributed by atoms with Gasteiger partial charge in [0.15, 0.2) is 0 Å². The molecule has 5 unspecified atom stereocenters. The minimum absolute atomic E-state index is 0.0528. The number of nitrogens with one attached hydrogen (secondary N) is 1. The maximum atomic E-state index is 12.2. The van der Waals surface area contributed by atoms with Crippen LogP contribution in [0.4, 0.5) is 0 Å². The molecule has 1 fully saturated rings. The number of carbonyl (C=O) groups excluding carboxylic acids is 3. The molecule has 1 saturated carbocycles. The van der Waals surface area contributed by atoms with Gasteiger partial charge in [-0.05, 0) is 81.5 Å². The summed E-state index contributed by atoms with van der Waals surface area (Å²) in [5.74, 6) is 3.90. The first kappa shape index (κ1) is 49.2. The fourth-order valence-corrected chi connectivity index (χ4v) is 9.91. The first-order valence-corrected chi connectivity index (χ1v) is 24.2. The lowest BCUT2D eigenvalue weighted by atomic mass is 9.61. The van der Waals surface area contributed by atoms with Crippen LogP contribution >= 0.6 is 0 Å². The van der Waals surface area contributed by atoms with Crippen LogP contribution in [0.1, 0.15) is 234 Å². The molecule has 2 rings (SSSR count). The molecule has 0 aromatic rings. The molecule has 0 aromatic heterocycles. The van der Waals surface area contributed by atoms with E-state index in [0.717, 1.165) is 61.5 Å². The Kier molecular flexibility index (Phi) is 27.9. The minimum Gasteiger partial charge on any atom is -0.356 e. The first-order chi connectivity index (χ1) is 26.7. The fourth-order valence-electron chi connectivity index (χ4n) is 9.91. The zero-order valence-electron chi connectivity index (χ0n) is 37.1. The summed E-state index contributed by atoms with van der Waals surface area (Å²) in [6, 6.07) is 0.0528. The standard InChI is InChI=1S/C50H90N2O3/c1-7-10-12-14-21-27-33-46-43(30-24-13-11-8-2)35-36-44(31-25-19-17-18-23-29-39-51-48(53)40-42(6)41(4)5)47(46)34-28-22-16-15-20-26-32-45(9-3)52-49(54)37-38-50(52)55/h37-38,42-47H,4,7-36,39-40H2,1-3,5-6H3,(H,51,53)/t42-,43?,44?,45?,46?,47?/m0/s1. The number of nitrogens with zero attached hydrogens (tertiary/aromatic N) is 1. The van der Waals surface area contributed by atoms with Crippen molar-refractivity contribution >= 4 is 17.7 Å². The Morgan fingerprint density at radius 1 is 0.655 bits per heavy atom. The van der Waals surface area contributed by atoms with Crippen LogP contribution in [0.15, 0.2) is 24.3 Å². The number of amides is 3. The second-order valence-corrected chi connectivity index (χ2v) is 18.2. The summed E-state index contributed by atoms with van der Waals surface area (Å²) in [7, 11) is 0. The topological polar surface area (TPSA) is 66.5 Å². The molecule has 55 heavy (non-hydrogen) atoms. The third-order valence-corrected chi connectivity index (χ3v) is 13.6. The van der Waals surface area contributed by atoms with Gasteiger partial charge in [-0.25, -0.2) is 0 Å². The van der Waals surface area contributed by atoms with Gasteiger partial charge in [-0.3, -0.25) is 19.3 Å². The van der Waals surface area contributed by atoms with Gasteiger partial charge in [0.1, 0.15) is 0 Å². The van der Waals surface area contributed by atoms with Crippen LogP contribution < -0.4 is 5.32 Å². The van der Waals surface area contributed by atoms with Gasteiger partial charge in [0.05, 0.1) is 0 Å². The molecule has 0 radical (unpaired) electrons. The highest BCUT2D eigenvalue weighted by Crippen LogP contribution is 2.48. The van der Waals surface area contributed by atoms with E-state index >= 15 is 0 Å². The molecule has 1 aliphatic carbocycles. The van der Waals surface area contributed by atoms with Crippen molar-refractivity contribution < 1.29 is 14.4 Å². The van der Waals surface area contributed by atoms with E-state index in [2.05, 4.69) is 39.6 Å². The molecular formula is C50H90N2O3. The van der Waals surface area contributed by atoms with Gasteiger partial charge in [0, 0.05) is 31.2 Å². The molecule has 1 aliphatic heterocycles. The number of rotatable bonds is 35. The van der Waals surface area contributed by atoms with Gasteiger partial charge in [-0.2, -0.15) is 0 Å². The van der Waals surface area contributed by atoms with E-state index < -0.39 is 0 Å². The Balaban J connectivity index is 1.85. The molecule has 1 heterocycles. The summed E-state index contributed by atoms with van der Waals surface area (Å²) in [6.45, 7) is 15.6. The van der Waals surface area contributed by atoms with Crippen LogP contribution in [0.3, 0.4) is 0 Å². The van der Waals surface area contributed by atoms with Crippen molar-refractivity contribution in [2.24, 2.45) is 29.6 Å². The van der Waals surface area contributed by atoms with Crippen LogP contribution in [0.25, 0.3) is 0 Å². The zero-order chi connectivity index (χ0) is 40.1. The van der Waals surface area contributed by atoms with Gasteiger partial charge < -0.3 is 5.32 Å². The quantitative estimate of drug-likeness (QED) is 0.0397. The Labute approximate surface area is 341 Å². The number of hydrogen-bond donors (Lipinski definition) is 1. The van der Waals surface area contributed by atoms with Gasteiger partial charge >= 0.3 is 0 Å². The van der Waals surface area contributed by atoms with E-state index in [1.54, 1.807) is 0 Å². The molecular weight excluding hydrogens is 677 g/mol. The Hall–Kier alpha value is -1.91. The number of hydrogen-bond acceptors (Lipinski definition) is 3. The molecule has 2 aliphatic rings. The summed E-state index contributed by atoms with van der Waals surface area (Å²) < 4.78 is 0. The second-order valence-electron chi connectivity index (χ2n) is 18.2. The average Bonchev–Trinajstić information content (AvgIpc) is 3.50. The highest BCUT2D eigenvalue weighted by atomic mass is 16.2. The Morgan fingerprint density at radius 2 is 1.07 bits per heavy atom. The van der Waals surface area contributed by atoms with E-state index in [1.807, 2.05) is 6.92 Å². The van der Waals surface area contributed by atoms with Crippen molar-refractivity contribution in [3.05, 3.63) is 24.3 Å². The number of allylic oxidation sites excluding steroid dienone is 1. The van der Waals surface area contributed by atoms with Gasteiger partial charge in [-0.15, -0.1) is 0 Å². The summed E-state index contributed by atoms with van der Waals surface area (Å²) >= 11 is 0. The van der Waals surface area contributed by atoms with Crippen LogP contribution in [0.5, 0.6) is 0 Å².